The first-order chi connectivity index (χ1) is 6.34. The van der Waals surface area contributed by atoms with Crippen LogP contribution in [0, 0.1) is 5.41 Å². The van der Waals surface area contributed by atoms with Crippen molar-refractivity contribution in [2.45, 2.75) is 33.8 Å². The zero-order chi connectivity index (χ0) is 11.2. The summed E-state index contributed by atoms with van der Waals surface area (Å²) in [6.45, 7) is 9.78. The van der Waals surface area contributed by atoms with Gasteiger partial charge in [-0.1, -0.05) is 0 Å². The van der Waals surface area contributed by atoms with Gasteiger partial charge in [0.25, 0.3) is 0 Å². The highest BCUT2D eigenvalue weighted by Gasteiger charge is 2.21. The van der Waals surface area contributed by atoms with E-state index < -0.39 is 11.4 Å². The Morgan fingerprint density at radius 3 is 2.07 bits per heavy atom. The first kappa shape index (κ1) is 13.4. The van der Waals surface area contributed by atoms with Crippen LogP contribution in [0.25, 0.3) is 0 Å². The fourth-order valence-corrected chi connectivity index (χ4v) is 0.697. The van der Waals surface area contributed by atoms with E-state index in [0.29, 0.717) is 6.10 Å². The van der Waals surface area contributed by atoms with Crippen LogP contribution < -0.4 is 5.32 Å². The lowest BCUT2D eigenvalue weighted by atomic mass is 9.98. The second-order valence-electron chi connectivity index (χ2n) is 4.42. The minimum atomic E-state index is -1.01. The van der Waals surface area contributed by atoms with Crippen molar-refractivity contribution in [3.63, 3.8) is 0 Å². The second-order valence-corrected chi connectivity index (χ2v) is 4.42. The Morgan fingerprint density at radius 1 is 1.43 bits per heavy atom. The maximum absolute atomic E-state index is 9.91. The molecule has 1 N–H and O–H groups in total. The third kappa shape index (κ3) is 6.86. The zero-order valence-corrected chi connectivity index (χ0v) is 9.42. The van der Waals surface area contributed by atoms with E-state index in [0.717, 1.165) is 19.7 Å². The molecule has 1 fully saturated rings. The van der Waals surface area contributed by atoms with Crippen molar-refractivity contribution >= 4 is 5.97 Å². The number of carbonyl (C=O) groups excluding carboxylic acids is 1. The zero-order valence-electron chi connectivity index (χ0n) is 9.42. The lowest BCUT2D eigenvalue weighted by Gasteiger charge is -2.18. The fraction of sp³-hybridized carbons (Fsp3) is 0.900. The molecular formula is C10H20NO3. The Morgan fingerprint density at radius 2 is 1.93 bits per heavy atom. The van der Waals surface area contributed by atoms with Gasteiger partial charge >= 0.3 is 5.97 Å². The molecule has 0 aromatic heterocycles. The number of hydrogen-bond acceptors (Lipinski definition) is 3. The minimum Gasteiger partial charge on any atom is -0.376 e. The van der Waals surface area contributed by atoms with Crippen molar-refractivity contribution in [3.8, 4) is 0 Å². The molecule has 1 aliphatic heterocycles. The molecule has 0 spiro atoms. The molecule has 0 aromatic carbocycles. The summed E-state index contributed by atoms with van der Waals surface area (Å²) in [6.07, 6.45) is 0.425. The summed E-state index contributed by atoms with van der Waals surface area (Å²) in [4.78, 5) is 9.91. The first-order valence-electron chi connectivity index (χ1n) is 4.88. The smallest absolute Gasteiger partial charge is 0.360 e. The summed E-state index contributed by atoms with van der Waals surface area (Å²) >= 11 is 0. The highest BCUT2D eigenvalue weighted by molar-refractivity contribution is 5.72. The SMILES string of the molecule is CC(C)(C)C([O])=O.C[C@H]1CNCCO1. The van der Waals surface area contributed by atoms with E-state index in [1.54, 1.807) is 20.8 Å². The first-order valence-corrected chi connectivity index (χ1v) is 4.88. The molecular weight excluding hydrogens is 182 g/mol. The number of hydrogen-bond donors (Lipinski definition) is 1. The fourth-order valence-electron chi connectivity index (χ4n) is 0.697. The summed E-state index contributed by atoms with van der Waals surface area (Å²) in [5, 5.41) is 13.1. The normalized spacial score (nSPS) is 22.1. The molecule has 0 amide bonds. The predicted octanol–water partition coefficient (Wildman–Crippen LogP) is 0.984. The Kier molecular flexibility index (Phi) is 5.72. The third-order valence-electron chi connectivity index (χ3n) is 1.73. The maximum Gasteiger partial charge on any atom is 0.360 e. The average Bonchev–Trinajstić information content (AvgIpc) is 2.04. The highest BCUT2D eigenvalue weighted by atomic mass is 16.5. The molecule has 0 aromatic rings. The number of ether oxygens (including phenoxy) is 1. The van der Waals surface area contributed by atoms with Gasteiger partial charge in [0.05, 0.1) is 18.1 Å². The predicted molar refractivity (Wildman–Crippen MR) is 53.4 cm³/mol. The number of carbonyl (C=O) groups is 1. The van der Waals surface area contributed by atoms with Crippen molar-refractivity contribution in [1.82, 2.24) is 5.32 Å². The minimum absolute atomic E-state index is 0.425. The topological polar surface area (TPSA) is 58.2 Å². The van der Waals surface area contributed by atoms with Gasteiger partial charge in [-0.05, 0) is 27.7 Å². The number of rotatable bonds is 0. The van der Waals surface area contributed by atoms with Gasteiger partial charge in [-0.3, -0.25) is 0 Å². The van der Waals surface area contributed by atoms with E-state index in [4.69, 9.17) is 4.74 Å². The van der Waals surface area contributed by atoms with Crippen molar-refractivity contribution in [2.75, 3.05) is 19.7 Å². The molecule has 1 rings (SSSR count). The van der Waals surface area contributed by atoms with Gasteiger partial charge in [0.15, 0.2) is 0 Å². The summed E-state index contributed by atoms with van der Waals surface area (Å²) in [6, 6.07) is 0. The van der Waals surface area contributed by atoms with Crippen LogP contribution in [0.1, 0.15) is 27.7 Å². The van der Waals surface area contributed by atoms with Crippen LogP contribution in [-0.4, -0.2) is 31.8 Å². The van der Waals surface area contributed by atoms with Gasteiger partial charge in [0.1, 0.15) is 0 Å². The molecule has 1 atom stereocenters. The lowest BCUT2D eigenvalue weighted by molar-refractivity contribution is -0.152. The van der Waals surface area contributed by atoms with Crippen LogP contribution in [0.2, 0.25) is 0 Å². The van der Waals surface area contributed by atoms with Crippen molar-refractivity contribution in [3.05, 3.63) is 0 Å². The van der Waals surface area contributed by atoms with Crippen molar-refractivity contribution in [2.24, 2.45) is 5.41 Å². The lowest BCUT2D eigenvalue weighted by Crippen LogP contribution is -2.36. The standard InChI is InChI=1S/C5H11NO.C5H9O2/c1-5-4-6-2-3-7-5;1-5(2,3)4(6)7/h5-6H,2-4H2,1H3;1-3H3/t5-;/m0./s1. The molecule has 1 saturated heterocycles. The Balaban J connectivity index is 0.000000241. The molecule has 1 aliphatic rings. The van der Waals surface area contributed by atoms with Crippen LogP contribution in [0.15, 0.2) is 0 Å². The molecule has 14 heavy (non-hydrogen) atoms. The van der Waals surface area contributed by atoms with E-state index in [2.05, 4.69) is 12.2 Å². The van der Waals surface area contributed by atoms with Crippen LogP contribution in [0.5, 0.6) is 0 Å². The van der Waals surface area contributed by atoms with Gasteiger partial charge in [-0.25, -0.2) is 9.90 Å². The summed E-state index contributed by atoms with van der Waals surface area (Å²) in [5.41, 5.74) is -0.694. The largest absolute Gasteiger partial charge is 0.376 e. The number of morpholine rings is 1. The molecule has 0 saturated carbocycles. The summed E-state index contributed by atoms with van der Waals surface area (Å²) < 4.78 is 5.22. The highest BCUT2D eigenvalue weighted by Crippen LogP contribution is 2.11. The molecule has 4 heteroatoms. The molecule has 1 heterocycles. The quantitative estimate of drug-likeness (QED) is 0.637. The van der Waals surface area contributed by atoms with Crippen molar-refractivity contribution < 1.29 is 14.6 Å². The van der Waals surface area contributed by atoms with Gasteiger partial charge in [-0.2, -0.15) is 0 Å². The van der Waals surface area contributed by atoms with Crippen LogP contribution in [-0.2, 0) is 14.6 Å². The van der Waals surface area contributed by atoms with E-state index in [1.807, 2.05) is 0 Å². The Hall–Kier alpha value is -0.610. The number of nitrogens with one attached hydrogen (secondary N) is 1. The average molecular weight is 202 g/mol. The van der Waals surface area contributed by atoms with Gasteiger partial charge in [0, 0.05) is 13.1 Å². The molecule has 0 unspecified atom stereocenters. The van der Waals surface area contributed by atoms with E-state index in [9.17, 15) is 9.90 Å². The van der Waals surface area contributed by atoms with E-state index >= 15 is 0 Å². The van der Waals surface area contributed by atoms with Crippen LogP contribution in [0.3, 0.4) is 0 Å². The second kappa shape index (κ2) is 5.98. The van der Waals surface area contributed by atoms with E-state index in [1.165, 1.54) is 0 Å². The van der Waals surface area contributed by atoms with Crippen molar-refractivity contribution in [1.29, 1.82) is 0 Å². The van der Waals surface area contributed by atoms with Crippen LogP contribution in [0.4, 0.5) is 0 Å². The van der Waals surface area contributed by atoms with Gasteiger partial charge < -0.3 is 10.1 Å². The maximum atomic E-state index is 9.91. The van der Waals surface area contributed by atoms with Gasteiger partial charge in [0.2, 0.25) is 0 Å². The van der Waals surface area contributed by atoms with E-state index in [-0.39, 0.29) is 0 Å². The molecule has 0 aliphatic carbocycles. The Bertz CT molecular complexity index is 169. The molecule has 4 nitrogen and oxygen atoms in total. The Labute approximate surface area is 85.6 Å². The van der Waals surface area contributed by atoms with Gasteiger partial charge in [-0.15, -0.1) is 0 Å². The summed E-state index contributed by atoms with van der Waals surface area (Å²) in [5.74, 6) is -1.01. The third-order valence-corrected chi connectivity index (χ3v) is 1.73. The molecule has 83 valence electrons. The monoisotopic (exact) mass is 202 g/mol. The molecule has 0 bridgehead atoms. The molecule has 1 radical (unpaired) electrons. The van der Waals surface area contributed by atoms with Crippen LogP contribution >= 0.6 is 0 Å². The summed E-state index contributed by atoms with van der Waals surface area (Å²) in [7, 11) is 0.